The molecule has 1 aromatic heterocycles. The number of rotatable bonds is 3. The third-order valence-electron chi connectivity index (χ3n) is 5.02. The van der Waals surface area contributed by atoms with Gasteiger partial charge in [-0.25, -0.2) is 0 Å². The lowest BCUT2D eigenvalue weighted by Gasteiger charge is -2.45. The molecule has 1 aromatic rings. The van der Waals surface area contributed by atoms with Crippen LogP contribution < -0.4 is 0 Å². The topological polar surface area (TPSA) is 86.6 Å². The number of carboxylic acids is 1. The number of amides is 1. The zero-order chi connectivity index (χ0) is 15.9. The van der Waals surface area contributed by atoms with E-state index in [1.807, 2.05) is 6.92 Å². The van der Waals surface area contributed by atoms with Crippen LogP contribution >= 0.6 is 11.3 Å². The van der Waals surface area contributed by atoms with Crippen molar-refractivity contribution in [2.24, 2.45) is 5.92 Å². The molecule has 2 fully saturated rings. The molecular formula is C14H20N4O3S. The normalized spacial score (nSPS) is 25.1. The maximum Gasteiger partial charge on any atom is 0.309 e. The highest BCUT2D eigenvalue weighted by Gasteiger charge is 2.55. The first-order valence-electron chi connectivity index (χ1n) is 7.43. The molecule has 0 radical (unpaired) electrons. The average molecular weight is 324 g/mol. The lowest BCUT2D eigenvalue weighted by Crippen LogP contribution is -2.55. The molecule has 1 amide bonds. The van der Waals surface area contributed by atoms with Crippen LogP contribution in [-0.4, -0.2) is 62.7 Å². The van der Waals surface area contributed by atoms with Crippen LogP contribution in [0.5, 0.6) is 0 Å². The summed E-state index contributed by atoms with van der Waals surface area (Å²) in [6.45, 7) is 4.24. The largest absolute Gasteiger partial charge is 0.481 e. The van der Waals surface area contributed by atoms with E-state index >= 15 is 0 Å². The van der Waals surface area contributed by atoms with Crippen molar-refractivity contribution in [2.45, 2.75) is 38.3 Å². The molecule has 0 unspecified atom stereocenters. The van der Waals surface area contributed by atoms with E-state index in [9.17, 15) is 14.7 Å². The molecule has 2 aliphatic rings. The molecule has 1 atom stereocenters. The van der Waals surface area contributed by atoms with Crippen molar-refractivity contribution in [1.82, 2.24) is 20.0 Å². The maximum atomic E-state index is 12.0. The quantitative estimate of drug-likeness (QED) is 0.883. The third kappa shape index (κ3) is 2.50. The molecular weight excluding hydrogens is 304 g/mol. The van der Waals surface area contributed by atoms with Crippen LogP contribution in [0.2, 0.25) is 0 Å². The van der Waals surface area contributed by atoms with E-state index in [-0.39, 0.29) is 12.3 Å². The van der Waals surface area contributed by atoms with E-state index in [0.717, 1.165) is 29.6 Å². The van der Waals surface area contributed by atoms with Crippen molar-refractivity contribution in [3.63, 3.8) is 0 Å². The van der Waals surface area contributed by atoms with Gasteiger partial charge in [0.05, 0.1) is 18.0 Å². The number of carbonyl (C=O) groups is 2. The SMILES string of the molecule is Cc1nnc(CN2CCC3(CC2)[C@H](C(=O)O)CC(=O)N3C)s1. The molecule has 2 saturated heterocycles. The van der Waals surface area contributed by atoms with Gasteiger partial charge in [-0.3, -0.25) is 14.5 Å². The van der Waals surface area contributed by atoms with Gasteiger partial charge in [-0.15, -0.1) is 21.5 Å². The Kier molecular flexibility index (Phi) is 3.90. The number of likely N-dealkylation sites (tertiary alicyclic amines) is 2. The number of aliphatic carboxylic acids is 1. The van der Waals surface area contributed by atoms with Gasteiger partial charge in [-0.2, -0.15) is 0 Å². The second-order valence-electron chi connectivity index (χ2n) is 6.14. The minimum Gasteiger partial charge on any atom is -0.481 e. The Bertz CT molecular complexity index is 595. The van der Waals surface area contributed by atoms with Crippen molar-refractivity contribution < 1.29 is 14.7 Å². The van der Waals surface area contributed by atoms with Crippen molar-refractivity contribution in [1.29, 1.82) is 0 Å². The second-order valence-corrected chi connectivity index (χ2v) is 7.41. The molecule has 120 valence electrons. The Morgan fingerprint density at radius 1 is 1.41 bits per heavy atom. The van der Waals surface area contributed by atoms with Gasteiger partial charge in [-0.05, 0) is 19.8 Å². The molecule has 3 heterocycles. The first-order chi connectivity index (χ1) is 10.4. The zero-order valence-corrected chi connectivity index (χ0v) is 13.6. The predicted octanol–water partition coefficient (Wildman–Crippen LogP) is 0.744. The Balaban J connectivity index is 1.69. The Labute approximate surface area is 132 Å². The number of hydrogen-bond donors (Lipinski definition) is 1. The van der Waals surface area contributed by atoms with Crippen molar-refractivity contribution >= 4 is 23.2 Å². The summed E-state index contributed by atoms with van der Waals surface area (Å²) in [4.78, 5) is 27.4. The molecule has 0 aliphatic carbocycles. The van der Waals surface area contributed by atoms with E-state index in [0.29, 0.717) is 12.8 Å². The Morgan fingerprint density at radius 3 is 2.64 bits per heavy atom. The molecule has 22 heavy (non-hydrogen) atoms. The van der Waals surface area contributed by atoms with E-state index in [1.165, 1.54) is 0 Å². The number of nitrogens with zero attached hydrogens (tertiary/aromatic N) is 4. The number of aryl methyl sites for hydroxylation is 1. The highest BCUT2D eigenvalue weighted by Crippen LogP contribution is 2.43. The van der Waals surface area contributed by atoms with Crippen LogP contribution in [0, 0.1) is 12.8 Å². The summed E-state index contributed by atoms with van der Waals surface area (Å²) in [7, 11) is 1.75. The molecule has 1 spiro atoms. The van der Waals surface area contributed by atoms with Crippen molar-refractivity contribution in [3.8, 4) is 0 Å². The van der Waals surface area contributed by atoms with Gasteiger partial charge < -0.3 is 10.0 Å². The fourth-order valence-electron chi connectivity index (χ4n) is 3.68. The maximum absolute atomic E-state index is 12.0. The molecule has 8 heteroatoms. The Morgan fingerprint density at radius 2 is 2.09 bits per heavy atom. The zero-order valence-electron chi connectivity index (χ0n) is 12.8. The number of hydrogen-bond acceptors (Lipinski definition) is 6. The van der Waals surface area contributed by atoms with Gasteiger partial charge in [0.25, 0.3) is 0 Å². The lowest BCUT2D eigenvalue weighted by atomic mass is 9.77. The summed E-state index contributed by atoms with van der Waals surface area (Å²) in [6, 6.07) is 0. The predicted molar refractivity (Wildman–Crippen MR) is 80.4 cm³/mol. The molecule has 0 bridgehead atoms. The summed E-state index contributed by atoms with van der Waals surface area (Å²) in [6.07, 6.45) is 1.52. The van der Waals surface area contributed by atoms with E-state index < -0.39 is 17.4 Å². The monoisotopic (exact) mass is 324 g/mol. The van der Waals surface area contributed by atoms with Gasteiger partial charge >= 0.3 is 5.97 Å². The number of aromatic nitrogens is 2. The summed E-state index contributed by atoms with van der Waals surface area (Å²) in [5.41, 5.74) is -0.517. The second kappa shape index (κ2) is 5.58. The van der Waals surface area contributed by atoms with Crippen LogP contribution in [0.25, 0.3) is 0 Å². The van der Waals surface area contributed by atoms with Crippen LogP contribution in [0.4, 0.5) is 0 Å². The van der Waals surface area contributed by atoms with Crippen LogP contribution in [0.3, 0.4) is 0 Å². The fraction of sp³-hybridized carbons (Fsp3) is 0.714. The summed E-state index contributed by atoms with van der Waals surface area (Å²) in [5.74, 6) is -1.50. The third-order valence-corrected chi connectivity index (χ3v) is 5.84. The summed E-state index contributed by atoms with van der Waals surface area (Å²) in [5, 5.41) is 19.6. The molecule has 7 nitrogen and oxygen atoms in total. The van der Waals surface area contributed by atoms with Crippen molar-refractivity contribution in [2.75, 3.05) is 20.1 Å². The van der Waals surface area contributed by atoms with Crippen molar-refractivity contribution in [3.05, 3.63) is 10.0 Å². The first kappa shape index (κ1) is 15.4. The number of carbonyl (C=O) groups excluding carboxylic acids is 1. The molecule has 3 rings (SSSR count). The van der Waals surface area contributed by atoms with Gasteiger partial charge in [0.1, 0.15) is 10.0 Å². The van der Waals surface area contributed by atoms with Crippen LogP contribution in [0.1, 0.15) is 29.3 Å². The fourth-order valence-corrected chi connectivity index (χ4v) is 4.43. The minimum atomic E-state index is -0.856. The highest BCUT2D eigenvalue weighted by atomic mass is 32.1. The van der Waals surface area contributed by atoms with E-state index in [1.54, 1.807) is 23.3 Å². The molecule has 1 N–H and O–H groups in total. The smallest absolute Gasteiger partial charge is 0.309 e. The Hall–Kier alpha value is -1.54. The molecule has 0 saturated carbocycles. The van der Waals surface area contributed by atoms with E-state index in [4.69, 9.17) is 0 Å². The van der Waals surface area contributed by atoms with Gasteiger partial charge in [0.2, 0.25) is 5.91 Å². The van der Waals surface area contributed by atoms with Crippen LogP contribution in [-0.2, 0) is 16.1 Å². The minimum absolute atomic E-state index is 0.0550. The molecule has 0 aromatic carbocycles. The lowest BCUT2D eigenvalue weighted by molar-refractivity contribution is -0.146. The first-order valence-corrected chi connectivity index (χ1v) is 8.25. The average Bonchev–Trinajstić information content (AvgIpc) is 2.99. The van der Waals surface area contributed by atoms with Gasteiger partial charge in [-0.1, -0.05) is 0 Å². The van der Waals surface area contributed by atoms with E-state index in [2.05, 4.69) is 15.1 Å². The standard InChI is InChI=1S/C14H20N4O3S/c1-9-15-16-11(22-9)8-18-5-3-14(4-6-18)10(13(20)21)7-12(19)17(14)2/h10H,3-8H2,1-2H3,(H,20,21)/t10-/m0/s1. The number of carboxylic acid groups (broad SMARTS) is 1. The summed E-state index contributed by atoms with van der Waals surface area (Å²) < 4.78 is 0. The van der Waals surface area contributed by atoms with Gasteiger partial charge in [0.15, 0.2) is 0 Å². The van der Waals surface area contributed by atoms with Crippen LogP contribution in [0.15, 0.2) is 0 Å². The highest BCUT2D eigenvalue weighted by molar-refractivity contribution is 7.11. The summed E-state index contributed by atoms with van der Waals surface area (Å²) >= 11 is 1.59. The molecule has 2 aliphatic heterocycles. The number of piperidine rings is 1. The van der Waals surface area contributed by atoms with Gasteiger partial charge in [0, 0.05) is 26.6 Å².